The minimum absolute atomic E-state index is 0.198. The number of ether oxygens (including phenoxy) is 1. The lowest BCUT2D eigenvalue weighted by Gasteiger charge is -2.32. The third-order valence-corrected chi connectivity index (χ3v) is 4.55. The highest BCUT2D eigenvalue weighted by Crippen LogP contribution is 2.28. The standard InChI is InChI=1S/C12H17N3O2S/c13-14-12(16)11-8(3-4-18-11)5-15-6-9-1-2-10(7-15)17-9/h3-4,9-10H,1-2,5-7,13H2,(H,14,16). The molecule has 98 valence electrons. The van der Waals surface area contributed by atoms with Gasteiger partial charge in [0.05, 0.1) is 17.1 Å². The number of hydrazine groups is 1. The van der Waals surface area contributed by atoms with Crippen molar-refractivity contribution >= 4 is 17.2 Å². The summed E-state index contributed by atoms with van der Waals surface area (Å²) in [6.07, 6.45) is 3.10. The van der Waals surface area contributed by atoms with Crippen LogP contribution in [-0.4, -0.2) is 36.1 Å². The van der Waals surface area contributed by atoms with Gasteiger partial charge in [0, 0.05) is 19.6 Å². The number of nitrogens with two attached hydrogens (primary N) is 1. The van der Waals surface area contributed by atoms with E-state index in [1.165, 1.54) is 24.2 Å². The van der Waals surface area contributed by atoms with Gasteiger partial charge in [0.1, 0.15) is 0 Å². The zero-order chi connectivity index (χ0) is 12.5. The van der Waals surface area contributed by atoms with Gasteiger partial charge in [-0.25, -0.2) is 5.84 Å². The van der Waals surface area contributed by atoms with Crippen LogP contribution in [0.2, 0.25) is 0 Å². The highest BCUT2D eigenvalue weighted by molar-refractivity contribution is 7.12. The average Bonchev–Trinajstić information content (AvgIpc) is 2.95. The number of rotatable bonds is 3. The van der Waals surface area contributed by atoms with E-state index in [0.717, 1.165) is 30.1 Å². The molecule has 2 bridgehead atoms. The van der Waals surface area contributed by atoms with Gasteiger partial charge in [0.2, 0.25) is 0 Å². The average molecular weight is 267 g/mol. The van der Waals surface area contributed by atoms with E-state index in [0.29, 0.717) is 12.2 Å². The highest BCUT2D eigenvalue weighted by atomic mass is 32.1. The predicted octanol–water partition coefficient (Wildman–Crippen LogP) is 0.715. The second-order valence-electron chi connectivity index (χ2n) is 4.90. The summed E-state index contributed by atoms with van der Waals surface area (Å²) in [5, 5.41) is 1.94. The van der Waals surface area contributed by atoms with Gasteiger partial charge < -0.3 is 4.74 Å². The summed E-state index contributed by atoms with van der Waals surface area (Å²) in [4.78, 5) is 14.7. The van der Waals surface area contributed by atoms with E-state index in [9.17, 15) is 4.79 Å². The molecule has 3 rings (SSSR count). The summed E-state index contributed by atoms with van der Waals surface area (Å²) in [6.45, 7) is 2.74. The molecule has 0 aliphatic carbocycles. The SMILES string of the molecule is NNC(=O)c1sccc1CN1CC2CCC(C1)O2. The molecular weight excluding hydrogens is 250 g/mol. The fourth-order valence-corrected chi connectivity index (χ4v) is 3.61. The quantitative estimate of drug-likeness (QED) is 0.481. The number of likely N-dealkylation sites (tertiary alicyclic amines) is 1. The summed E-state index contributed by atoms with van der Waals surface area (Å²) in [7, 11) is 0. The van der Waals surface area contributed by atoms with Crippen molar-refractivity contribution in [1.82, 2.24) is 10.3 Å². The molecule has 2 saturated heterocycles. The van der Waals surface area contributed by atoms with Gasteiger partial charge >= 0.3 is 0 Å². The molecule has 0 radical (unpaired) electrons. The predicted molar refractivity (Wildman–Crippen MR) is 69.1 cm³/mol. The molecule has 18 heavy (non-hydrogen) atoms. The highest BCUT2D eigenvalue weighted by Gasteiger charge is 2.33. The molecular formula is C12H17N3O2S. The summed E-state index contributed by atoms with van der Waals surface area (Å²) < 4.78 is 5.81. The van der Waals surface area contributed by atoms with Crippen LogP contribution in [0.5, 0.6) is 0 Å². The molecule has 2 fully saturated rings. The number of hydrogen-bond donors (Lipinski definition) is 2. The van der Waals surface area contributed by atoms with E-state index in [4.69, 9.17) is 10.6 Å². The van der Waals surface area contributed by atoms with Crippen LogP contribution in [0.25, 0.3) is 0 Å². The van der Waals surface area contributed by atoms with Crippen LogP contribution in [0.15, 0.2) is 11.4 Å². The third kappa shape index (κ3) is 2.29. The first-order valence-corrected chi connectivity index (χ1v) is 7.09. The molecule has 0 spiro atoms. The molecule has 3 N–H and O–H groups in total. The second-order valence-corrected chi connectivity index (χ2v) is 5.82. The van der Waals surface area contributed by atoms with E-state index in [2.05, 4.69) is 10.3 Å². The number of carbonyl (C=O) groups is 1. The van der Waals surface area contributed by atoms with Gasteiger partial charge in [-0.15, -0.1) is 11.3 Å². The lowest BCUT2D eigenvalue weighted by molar-refractivity contribution is -0.0410. The Morgan fingerprint density at radius 2 is 2.22 bits per heavy atom. The molecule has 0 aromatic carbocycles. The van der Waals surface area contributed by atoms with Crippen LogP contribution in [0.1, 0.15) is 28.1 Å². The van der Waals surface area contributed by atoms with Crippen molar-refractivity contribution in [3.05, 3.63) is 21.9 Å². The molecule has 2 aliphatic rings. The van der Waals surface area contributed by atoms with Crippen LogP contribution >= 0.6 is 11.3 Å². The zero-order valence-electron chi connectivity index (χ0n) is 10.1. The van der Waals surface area contributed by atoms with Gasteiger partial charge in [-0.05, 0) is 29.9 Å². The molecule has 2 unspecified atom stereocenters. The molecule has 5 nitrogen and oxygen atoms in total. The number of nitrogens with one attached hydrogen (secondary N) is 1. The van der Waals surface area contributed by atoms with E-state index in [1.807, 2.05) is 11.4 Å². The van der Waals surface area contributed by atoms with Crippen molar-refractivity contribution in [3.8, 4) is 0 Å². The number of morpholine rings is 1. The maximum Gasteiger partial charge on any atom is 0.275 e. The normalized spacial score (nSPS) is 27.4. The first-order chi connectivity index (χ1) is 8.76. The van der Waals surface area contributed by atoms with Gasteiger partial charge in [0.15, 0.2) is 0 Å². The first kappa shape index (κ1) is 12.1. The maximum absolute atomic E-state index is 11.6. The monoisotopic (exact) mass is 267 g/mol. The van der Waals surface area contributed by atoms with Gasteiger partial charge in [-0.1, -0.05) is 0 Å². The Hall–Kier alpha value is -0.950. The summed E-state index contributed by atoms with van der Waals surface area (Å²) >= 11 is 1.44. The van der Waals surface area contributed by atoms with Crippen LogP contribution in [0.3, 0.4) is 0 Å². The molecule has 2 aliphatic heterocycles. The van der Waals surface area contributed by atoms with Crippen molar-refractivity contribution in [2.45, 2.75) is 31.6 Å². The minimum Gasteiger partial charge on any atom is -0.372 e. The zero-order valence-corrected chi connectivity index (χ0v) is 10.9. The van der Waals surface area contributed by atoms with Gasteiger partial charge in [0.25, 0.3) is 5.91 Å². The summed E-state index contributed by atoms with van der Waals surface area (Å²) in [6, 6.07) is 2.01. The Balaban J connectivity index is 1.69. The Labute approximate surface area is 110 Å². The number of nitrogens with zero attached hydrogens (tertiary/aromatic N) is 1. The van der Waals surface area contributed by atoms with Crippen LogP contribution in [0.4, 0.5) is 0 Å². The maximum atomic E-state index is 11.6. The molecule has 6 heteroatoms. The van der Waals surface area contributed by atoms with E-state index in [1.54, 1.807) is 0 Å². The van der Waals surface area contributed by atoms with Gasteiger partial charge in [-0.2, -0.15) is 0 Å². The lowest BCUT2D eigenvalue weighted by Crippen LogP contribution is -2.42. The Morgan fingerprint density at radius 3 is 2.89 bits per heavy atom. The topological polar surface area (TPSA) is 67.6 Å². The number of fused-ring (bicyclic) bond motifs is 2. The van der Waals surface area contributed by atoms with Crippen molar-refractivity contribution in [3.63, 3.8) is 0 Å². The molecule has 1 aromatic rings. The van der Waals surface area contributed by atoms with E-state index >= 15 is 0 Å². The third-order valence-electron chi connectivity index (χ3n) is 3.60. The van der Waals surface area contributed by atoms with Gasteiger partial charge in [-0.3, -0.25) is 15.1 Å². The summed E-state index contributed by atoms with van der Waals surface area (Å²) in [5.74, 6) is 4.99. The summed E-state index contributed by atoms with van der Waals surface area (Å²) in [5.41, 5.74) is 3.26. The molecule has 3 heterocycles. The van der Waals surface area contributed by atoms with Crippen molar-refractivity contribution in [2.24, 2.45) is 5.84 Å². The van der Waals surface area contributed by atoms with Crippen molar-refractivity contribution < 1.29 is 9.53 Å². The molecule has 1 aromatic heterocycles. The second kappa shape index (κ2) is 4.97. The van der Waals surface area contributed by atoms with E-state index in [-0.39, 0.29) is 5.91 Å². The fraction of sp³-hybridized carbons (Fsp3) is 0.583. The van der Waals surface area contributed by atoms with Crippen molar-refractivity contribution in [2.75, 3.05) is 13.1 Å². The molecule has 2 atom stereocenters. The largest absolute Gasteiger partial charge is 0.372 e. The smallest absolute Gasteiger partial charge is 0.275 e. The molecule has 0 saturated carbocycles. The lowest BCUT2D eigenvalue weighted by atomic mass is 10.2. The Morgan fingerprint density at radius 1 is 1.50 bits per heavy atom. The molecule has 1 amide bonds. The van der Waals surface area contributed by atoms with E-state index < -0.39 is 0 Å². The number of hydrogen-bond acceptors (Lipinski definition) is 5. The Kier molecular flexibility index (Phi) is 3.34. The number of thiophene rings is 1. The van der Waals surface area contributed by atoms with Crippen LogP contribution in [0, 0.1) is 0 Å². The number of amides is 1. The minimum atomic E-state index is -0.198. The van der Waals surface area contributed by atoms with Crippen LogP contribution in [-0.2, 0) is 11.3 Å². The number of carbonyl (C=O) groups excluding carboxylic acids is 1. The Bertz CT molecular complexity index is 436. The van der Waals surface area contributed by atoms with Crippen LogP contribution < -0.4 is 11.3 Å². The first-order valence-electron chi connectivity index (χ1n) is 6.21. The fourth-order valence-electron chi connectivity index (χ4n) is 2.79. The van der Waals surface area contributed by atoms with Crippen molar-refractivity contribution in [1.29, 1.82) is 0 Å². The number of nitrogen functional groups attached to an aromatic ring is 1.